The number of benzene rings is 2. The van der Waals surface area contributed by atoms with Crippen LogP contribution in [0, 0.1) is 19.3 Å². The van der Waals surface area contributed by atoms with Gasteiger partial charge in [0.2, 0.25) is 12.1 Å². The second kappa shape index (κ2) is 9.21. The van der Waals surface area contributed by atoms with Gasteiger partial charge in [0.1, 0.15) is 4.70 Å². The van der Waals surface area contributed by atoms with E-state index in [0.29, 0.717) is 6.54 Å². The normalized spacial score (nSPS) is 11.8. The van der Waals surface area contributed by atoms with Crippen LogP contribution < -0.4 is 9.47 Å². The average molecular weight is 386 g/mol. The summed E-state index contributed by atoms with van der Waals surface area (Å²) in [6.45, 7) is 2.69. The van der Waals surface area contributed by atoms with Crippen LogP contribution >= 0.6 is 11.3 Å². The Hall–Kier alpha value is -3.09. The molecule has 1 heterocycles. The molecule has 0 aliphatic heterocycles. The number of terminal acetylenes is 1. The first kappa shape index (κ1) is 19.7. The molecule has 0 saturated heterocycles. The van der Waals surface area contributed by atoms with Crippen molar-refractivity contribution in [1.29, 1.82) is 0 Å². The number of allylic oxidation sites excluding steroid dienone is 4. The predicted molar refractivity (Wildman–Crippen MR) is 124 cm³/mol. The van der Waals surface area contributed by atoms with Crippen molar-refractivity contribution in [2.24, 2.45) is 0 Å². The summed E-state index contributed by atoms with van der Waals surface area (Å²) in [5, 5.41) is 1.16. The monoisotopic (exact) mass is 385 g/mol. The molecule has 0 fully saturated rings. The maximum absolute atomic E-state index is 5.58. The van der Waals surface area contributed by atoms with Gasteiger partial charge in [-0.2, -0.15) is 4.57 Å². The minimum absolute atomic E-state index is 0.579. The van der Waals surface area contributed by atoms with E-state index in [-0.39, 0.29) is 0 Å². The third-order valence-corrected chi connectivity index (χ3v) is 5.54. The molecule has 0 N–H and O–H groups in total. The number of nitrogens with zero attached hydrogens (tertiary/aromatic N) is 2. The van der Waals surface area contributed by atoms with Crippen molar-refractivity contribution in [3.63, 3.8) is 0 Å². The zero-order chi connectivity index (χ0) is 19.9. The minimum atomic E-state index is 0.579. The zero-order valence-electron chi connectivity index (χ0n) is 16.6. The molecule has 28 heavy (non-hydrogen) atoms. The maximum atomic E-state index is 5.58. The Balaban J connectivity index is 1.70. The Bertz CT molecular complexity index is 1070. The number of rotatable bonds is 6. The number of hydrogen-bond donors (Lipinski definition) is 0. The van der Waals surface area contributed by atoms with Crippen LogP contribution in [0.15, 0.2) is 66.8 Å². The van der Waals surface area contributed by atoms with Gasteiger partial charge in [-0.3, -0.25) is 0 Å². The molecule has 0 aliphatic rings. The summed E-state index contributed by atoms with van der Waals surface area (Å²) in [6, 6.07) is 15.0. The molecular weight excluding hydrogens is 360 g/mol. The summed E-state index contributed by atoms with van der Waals surface area (Å²) in [5.74, 6) is 2.77. The molecule has 0 aliphatic carbocycles. The van der Waals surface area contributed by atoms with E-state index in [1.807, 2.05) is 26.2 Å². The van der Waals surface area contributed by atoms with Crippen LogP contribution in [0.2, 0.25) is 0 Å². The molecule has 3 heteroatoms. The Kier molecular flexibility index (Phi) is 6.47. The summed E-state index contributed by atoms with van der Waals surface area (Å²) in [7, 11) is 4.09. The van der Waals surface area contributed by atoms with E-state index in [4.69, 9.17) is 6.42 Å². The van der Waals surface area contributed by atoms with E-state index >= 15 is 0 Å². The molecule has 0 atom stereocenters. The SMILES string of the molecule is C#CC[n+]1c(/C=C/C=C/C=C/c2ccc(N(C)C)cc2)sc2ccc(C)cc21. The molecule has 3 aromatic rings. The van der Waals surface area contributed by atoms with E-state index in [1.165, 1.54) is 27.0 Å². The predicted octanol–water partition coefficient (Wildman–Crippen LogP) is 5.48. The highest BCUT2D eigenvalue weighted by molar-refractivity contribution is 7.18. The fourth-order valence-electron chi connectivity index (χ4n) is 2.91. The molecule has 2 aromatic carbocycles. The van der Waals surface area contributed by atoms with E-state index in [9.17, 15) is 0 Å². The van der Waals surface area contributed by atoms with Gasteiger partial charge in [-0.05, 0) is 42.2 Å². The average Bonchev–Trinajstić information content (AvgIpc) is 3.02. The van der Waals surface area contributed by atoms with Gasteiger partial charge in [0.15, 0.2) is 0 Å². The minimum Gasteiger partial charge on any atom is -0.378 e. The van der Waals surface area contributed by atoms with Crippen molar-refractivity contribution in [3.05, 3.63) is 82.9 Å². The lowest BCUT2D eigenvalue weighted by molar-refractivity contribution is -0.656. The molecule has 0 spiro atoms. The smallest absolute Gasteiger partial charge is 0.263 e. The van der Waals surface area contributed by atoms with Gasteiger partial charge >= 0.3 is 0 Å². The molecule has 0 saturated carbocycles. The lowest BCUT2D eigenvalue weighted by Gasteiger charge is -2.11. The fraction of sp³-hybridized carbons (Fsp3) is 0.160. The van der Waals surface area contributed by atoms with Crippen molar-refractivity contribution >= 4 is 39.4 Å². The van der Waals surface area contributed by atoms with Gasteiger partial charge in [0.05, 0.1) is 0 Å². The fourth-order valence-corrected chi connectivity index (χ4v) is 3.96. The van der Waals surface area contributed by atoms with Gasteiger partial charge in [0.25, 0.3) is 5.01 Å². The molecule has 0 bridgehead atoms. The van der Waals surface area contributed by atoms with Gasteiger partial charge in [-0.15, -0.1) is 6.42 Å². The van der Waals surface area contributed by atoms with Gasteiger partial charge in [0, 0.05) is 31.9 Å². The molecule has 140 valence electrons. The summed E-state index contributed by atoms with van der Waals surface area (Å²) < 4.78 is 3.45. The van der Waals surface area contributed by atoms with Crippen LogP contribution in [0.1, 0.15) is 16.1 Å². The number of fused-ring (bicyclic) bond motifs is 1. The molecule has 0 amide bonds. The molecule has 3 rings (SSSR count). The lowest BCUT2D eigenvalue weighted by atomic mass is 10.2. The van der Waals surface area contributed by atoms with Crippen molar-refractivity contribution < 1.29 is 4.57 Å². The number of thiazole rings is 1. The van der Waals surface area contributed by atoms with Crippen LogP contribution in [0.5, 0.6) is 0 Å². The van der Waals surface area contributed by atoms with Gasteiger partial charge in [-0.1, -0.05) is 59.9 Å². The first-order valence-corrected chi connectivity index (χ1v) is 10.1. The number of hydrogen-bond acceptors (Lipinski definition) is 2. The Morgan fingerprint density at radius 3 is 2.39 bits per heavy atom. The molecule has 1 aromatic heterocycles. The Labute approximate surface area is 171 Å². The first-order chi connectivity index (χ1) is 13.6. The van der Waals surface area contributed by atoms with E-state index in [1.54, 1.807) is 11.3 Å². The summed E-state index contributed by atoms with van der Waals surface area (Å²) >= 11 is 1.76. The van der Waals surface area contributed by atoms with Crippen molar-refractivity contribution in [3.8, 4) is 12.3 Å². The van der Waals surface area contributed by atoms with E-state index < -0.39 is 0 Å². The number of aryl methyl sites for hydroxylation is 1. The van der Waals surface area contributed by atoms with Crippen LogP contribution in [0.4, 0.5) is 5.69 Å². The third-order valence-electron chi connectivity index (χ3n) is 4.41. The zero-order valence-corrected chi connectivity index (χ0v) is 17.4. The highest BCUT2D eigenvalue weighted by Crippen LogP contribution is 2.22. The van der Waals surface area contributed by atoms with Crippen molar-refractivity contribution in [2.75, 3.05) is 19.0 Å². The van der Waals surface area contributed by atoms with E-state index in [2.05, 4.69) is 89.1 Å². The highest BCUT2D eigenvalue weighted by atomic mass is 32.1. The third kappa shape index (κ3) is 4.79. The Morgan fingerprint density at radius 1 is 1.00 bits per heavy atom. The standard InChI is InChI=1S/C25H25N2S/c1-5-18-27-23-19-20(2)12-17-24(23)28-25(27)11-9-7-6-8-10-21-13-15-22(16-14-21)26(3)4/h1,6-17,19H,18H2,2-4H3/q+1. The van der Waals surface area contributed by atoms with E-state index in [0.717, 1.165) is 5.01 Å². The van der Waals surface area contributed by atoms with Gasteiger partial charge in [-0.25, -0.2) is 0 Å². The maximum Gasteiger partial charge on any atom is 0.263 e. The largest absolute Gasteiger partial charge is 0.378 e. The molecule has 0 unspecified atom stereocenters. The second-order valence-electron chi connectivity index (χ2n) is 6.79. The first-order valence-electron chi connectivity index (χ1n) is 9.24. The molecular formula is C25H25N2S+. The van der Waals surface area contributed by atoms with Crippen LogP contribution in [0.25, 0.3) is 22.4 Å². The summed E-state index contributed by atoms with van der Waals surface area (Å²) in [5.41, 5.74) is 4.84. The summed E-state index contributed by atoms with van der Waals surface area (Å²) in [6.07, 6.45) is 18.0. The number of aromatic nitrogens is 1. The van der Waals surface area contributed by atoms with Crippen LogP contribution in [-0.2, 0) is 6.54 Å². The highest BCUT2D eigenvalue weighted by Gasteiger charge is 2.17. The summed E-state index contributed by atoms with van der Waals surface area (Å²) in [4.78, 5) is 2.10. The lowest BCUT2D eigenvalue weighted by Crippen LogP contribution is -2.34. The topological polar surface area (TPSA) is 7.12 Å². The number of anilines is 1. The molecule has 0 radical (unpaired) electrons. The van der Waals surface area contributed by atoms with Gasteiger partial charge < -0.3 is 4.90 Å². The quantitative estimate of drug-likeness (QED) is 0.310. The molecule has 2 nitrogen and oxygen atoms in total. The van der Waals surface area contributed by atoms with Crippen LogP contribution in [0.3, 0.4) is 0 Å². The second-order valence-corrected chi connectivity index (χ2v) is 7.85. The van der Waals surface area contributed by atoms with Crippen LogP contribution in [-0.4, -0.2) is 14.1 Å². The van der Waals surface area contributed by atoms with Crippen molar-refractivity contribution in [1.82, 2.24) is 0 Å². The Morgan fingerprint density at radius 2 is 1.71 bits per heavy atom. The van der Waals surface area contributed by atoms with Crippen molar-refractivity contribution in [2.45, 2.75) is 13.5 Å².